The number of rotatable bonds is 5. The summed E-state index contributed by atoms with van der Waals surface area (Å²) in [5, 5.41) is 9.46. The van der Waals surface area contributed by atoms with E-state index >= 15 is 0 Å². The fourth-order valence-corrected chi connectivity index (χ4v) is 2.93. The predicted molar refractivity (Wildman–Crippen MR) is 76.2 cm³/mol. The van der Waals surface area contributed by atoms with E-state index < -0.39 is 43.8 Å². The lowest BCUT2D eigenvalue weighted by atomic mass is 10.1. The second-order valence-corrected chi connectivity index (χ2v) is 6.10. The van der Waals surface area contributed by atoms with E-state index in [2.05, 4.69) is 17.2 Å². The van der Waals surface area contributed by atoms with Crippen molar-refractivity contribution in [2.45, 2.75) is 24.3 Å². The number of halogens is 1. The summed E-state index contributed by atoms with van der Waals surface area (Å²) in [6.45, 7) is -0.792. The summed E-state index contributed by atoms with van der Waals surface area (Å²) in [6, 6.07) is 1.28. The number of nitrogens with zero attached hydrogens (tertiary/aromatic N) is 2. The average Bonchev–Trinajstić information content (AvgIpc) is 2.73. The summed E-state index contributed by atoms with van der Waals surface area (Å²) in [4.78, 5) is 15.3. The van der Waals surface area contributed by atoms with Crippen LogP contribution >= 0.6 is 19.5 Å². The largest absolute Gasteiger partial charge is 0.582 e. The highest BCUT2D eigenvalue weighted by molar-refractivity contribution is 8.39. The van der Waals surface area contributed by atoms with Gasteiger partial charge < -0.3 is 20.3 Å². The van der Waals surface area contributed by atoms with Gasteiger partial charge in [0.15, 0.2) is 12.4 Å². The van der Waals surface area contributed by atoms with E-state index in [1.54, 1.807) is 0 Å². The molecule has 12 heteroatoms. The Balaban J connectivity index is 2.42. The Hall–Kier alpha value is -1.10. The molecule has 0 saturated carbocycles. The molecule has 3 N–H and O–H groups in total. The number of aromatic nitrogens is 2. The molecule has 0 aromatic carbocycles. The molecule has 0 spiro atoms. The zero-order valence-electron chi connectivity index (χ0n) is 11.3. The molecule has 122 valence electrons. The van der Waals surface area contributed by atoms with Crippen LogP contribution in [0.2, 0.25) is 0 Å². The van der Waals surface area contributed by atoms with Crippen LogP contribution in [0.15, 0.2) is 17.1 Å². The molecule has 1 aromatic rings. The lowest BCUT2D eigenvalue weighted by molar-refractivity contribution is -0.265. The first-order valence-electron chi connectivity index (χ1n) is 6.00. The molecule has 2 unspecified atom stereocenters. The fraction of sp³-hybridized carbons (Fsp3) is 0.600. The molecule has 0 aliphatic carbocycles. The maximum absolute atomic E-state index is 14.6. The predicted octanol–water partition coefficient (Wildman–Crippen LogP) is -0.000200. The molecule has 1 aromatic heterocycles. The Morgan fingerprint density at radius 3 is 2.91 bits per heavy atom. The summed E-state index contributed by atoms with van der Waals surface area (Å²) in [5.74, 6) is -1.97. The first kappa shape index (κ1) is 17.3. The Kier molecular flexibility index (Phi) is 5.15. The number of alkyl halides is 1. The minimum absolute atomic E-state index is 0.0407. The number of anilines is 1. The van der Waals surface area contributed by atoms with Crippen molar-refractivity contribution >= 4 is 25.3 Å². The van der Waals surface area contributed by atoms with Gasteiger partial charge in [-0.15, -0.1) is 4.52 Å². The molecule has 1 fully saturated rings. The van der Waals surface area contributed by atoms with E-state index in [0.29, 0.717) is 0 Å². The molecule has 1 aliphatic rings. The third-order valence-corrected chi connectivity index (χ3v) is 3.90. The van der Waals surface area contributed by atoms with Crippen molar-refractivity contribution in [1.82, 2.24) is 9.55 Å². The van der Waals surface area contributed by atoms with Crippen molar-refractivity contribution < 1.29 is 28.1 Å². The number of hydrogen-bond acceptors (Lipinski definition) is 8. The number of nitrogens with two attached hydrogens (primary N) is 1. The topological polar surface area (TPSA) is 126 Å². The second kappa shape index (κ2) is 6.57. The minimum atomic E-state index is -2.50. The van der Waals surface area contributed by atoms with Crippen LogP contribution < -0.4 is 11.4 Å². The summed E-state index contributed by atoms with van der Waals surface area (Å²) < 4.78 is 41.8. The summed E-state index contributed by atoms with van der Waals surface area (Å²) in [6.07, 6.45) is -3.84. The maximum Gasteiger partial charge on any atom is 0.582 e. The van der Waals surface area contributed by atoms with Crippen LogP contribution in [0.4, 0.5) is 10.2 Å². The van der Waals surface area contributed by atoms with Crippen molar-refractivity contribution in [2.24, 2.45) is 0 Å². The van der Waals surface area contributed by atoms with Crippen LogP contribution in [0.25, 0.3) is 0 Å². The molecule has 9 nitrogen and oxygen atoms in total. The molecule has 22 heavy (non-hydrogen) atoms. The highest BCUT2D eigenvalue weighted by atomic mass is 32.7. The third kappa shape index (κ3) is 3.00. The van der Waals surface area contributed by atoms with Crippen LogP contribution in [-0.2, 0) is 18.6 Å². The van der Waals surface area contributed by atoms with E-state index in [9.17, 15) is 18.9 Å². The molecule has 0 radical (unpaired) electrons. The first-order chi connectivity index (χ1) is 10.3. The molecular weight excluding hydrogens is 340 g/mol. The molecular formula is C10H14FN3O6PS+. The third-order valence-electron chi connectivity index (χ3n) is 3.21. The second-order valence-electron chi connectivity index (χ2n) is 4.43. The van der Waals surface area contributed by atoms with Crippen molar-refractivity contribution in [3.8, 4) is 0 Å². The minimum Gasteiger partial charge on any atom is -0.391 e. The summed E-state index contributed by atoms with van der Waals surface area (Å²) >= 11 is 3.55. The molecule has 1 aliphatic heterocycles. The lowest BCUT2D eigenvalue weighted by Gasteiger charge is -2.27. The van der Waals surface area contributed by atoms with Gasteiger partial charge in [0, 0.05) is 13.3 Å². The lowest BCUT2D eigenvalue weighted by Crippen LogP contribution is -2.47. The van der Waals surface area contributed by atoms with Gasteiger partial charge in [0.25, 0.3) is 0 Å². The average molecular weight is 354 g/mol. The number of hydrogen-bond donors (Lipinski definition) is 3. The number of thiol groups is 1. The number of aliphatic hydroxyl groups is 1. The summed E-state index contributed by atoms with van der Waals surface area (Å²) in [7, 11) is -1.35. The van der Waals surface area contributed by atoms with Crippen molar-refractivity contribution in [3.05, 3.63) is 22.7 Å². The van der Waals surface area contributed by atoms with Gasteiger partial charge in [0.05, 0.1) is 0 Å². The molecule has 2 heterocycles. The van der Waals surface area contributed by atoms with Crippen LogP contribution in [0.1, 0.15) is 6.23 Å². The Morgan fingerprint density at radius 2 is 2.41 bits per heavy atom. The van der Waals surface area contributed by atoms with Crippen LogP contribution in [0.3, 0.4) is 0 Å². The number of ether oxygens (including phenoxy) is 2. The van der Waals surface area contributed by atoms with Gasteiger partial charge in [-0.2, -0.15) is 4.98 Å². The molecule has 2 rings (SSSR count). The van der Waals surface area contributed by atoms with Crippen LogP contribution in [0.5, 0.6) is 0 Å². The Morgan fingerprint density at radius 1 is 1.73 bits per heavy atom. The van der Waals surface area contributed by atoms with E-state index in [4.69, 9.17) is 19.7 Å². The highest BCUT2D eigenvalue weighted by Gasteiger charge is 2.61. The zero-order valence-corrected chi connectivity index (χ0v) is 13.1. The van der Waals surface area contributed by atoms with Gasteiger partial charge in [-0.05, 0) is 10.6 Å². The SMILES string of the molecule is CO[C@]1(CO)O[C@@H](n2ccc(N)nc2=O)[C@@H](F)C1O[P+](=O)S. The fourth-order valence-electron chi connectivity index (χ4n) is 2.15. The van der Waals surface area contributed by atoms with E-state index in [1.165, 1.54) is 12.3 Å². The zero-order chi connectivity index (χ0) is 16.5. The molecule has 0 amide bonds. The smallest absolute Gasteiger partial charge is 0.391 e. The van der Waals surface area contributed by atoms with Gasteiger partial charge >= 0.3 is 12.9 Å². The number of aliphatic hydroxyl groups excluding tert-OH is 1. The van der Waals surface area contributed by atoms with Gasteiger partial charge in [-0.1, -0.05) is 0 Å². The molecule has 0 bridgehead atoms. The molecule has 1 saturated heterocycles. The van der Waals surface area contributed by atoms with Gasteiger partial charge in [0.1, 0.15) is 24.7 Å². The number of nitrogen functional groups attached to an aromatic ring is 1. The Labute approximate surface area is 130 Å². The Bertz CT molecular complexity index is 627. The van der Waals surface area contributed by atoms with Gasteiger partial charge in [-0.25, -0.2) is 9.18 Å². The van der Waals surface area contributed by atoms with Crippen molar-refractivity contribution in [2.75, 3.05) is 19.5 Å². The normalized spacial score (nSPS) is 32.2. The van der Waals surface area contributed by atoms with E-state index in [-0.39, 0.29) is 5.82 Å². The quantitative estimate of drug-likeness (QED) is 0.498. The maximum atomic E-state index is 14.6. The highest BCUT2D eigenvalue weighted by Crippen LogP contribution is 2.45. The van der Waals surface area contributed by atoms with Crippen molar-refractivity contribution in [3.63, 3.8) is 0 Å². The summed E-state index contributed by atoms with van der Waals surface area (Å²) in [5.41, 5.74) is 4.51. The van der Waals surface area contributed by atoms with Gasteiger partial charge in [-0.3, -0.25) is 4.57 Å². The van der Waals surface area contributed by atoms with E-state index in [1.807, 2.05) is 0 Å². The number of methoxy groups -OCH3 is 1. The molecule has 5 atom stereocenters. The monoisotopic (exact) mass is 354 g/mol. The van der Waals surface area contributed by atoms with Gasteiger partial charge in [0.2, 0.25) is 11.9 Å². The standard InChI is InChI=1S/C10H13FN3O6PS/c1-18-10(4-15)7(20-21(17)22)6(11)8(19-10)14-3-2-5(12)13-9(14)16/h2-3,6-8,15H,4H2,1H3,(H2-,12,13,16,17,22)/p+1/t6-,7?,8+,10+/m0/s1. The first-order valence-corrected chi connectivity index (χ1v) is 8.33. The van der Waals surface area contributed by atoms with Crippen LogP contribution in [-0.4, -0.2) is 46.4 Å². The van der Waals surface area contributed by atoms with Crippen molar-refractivity contribution in [1.29, 1.82) is 0 Å². The van der Waals surface area contributed by atoms with Crippen LogP contribution in [0, 0.1) is 0 Å². The van der Waals surface area contributed by atoms with E-state index in [0.717, 1.165) is 11.7 Å².